The van der Waals surface area contributed by atoms with E-state index in [1.165, 1.54) is 0 Å². The van der Waals surface area contributed by atoms with Crippen molar-refractivity contribution in [2.24, 2.45) is 0 Å². The van der Waals surface area contributed by atoms with Crippen LogP contribution >= 0.6 is 0 Å². The van der Waals surface area contributed by atoms with Gasteiger partial charge in [-0.3, -0.25) is 9.59 Å². The number of carbonyl (C=O) groups is 2. The molecule has 0 aromatic heterocycles. The number of hydrogen-bond donors (Lipinski definition) is 2. The molecule has 4 aromatic carbocycles. The predicted molar refractivity (Wildman–Crippen MR) is 153 cm³/mol. The summed E-state index contributed by atoms with van der Waals surface area (Å²) in [6.07, 6.45) is 0.951. The van der Waals surface area contributed by atoms with Gasteiger partial charge >= 0.3 is 0 Å². The average Bonchev–Trinajstić information content (AvgIpc) is 3.44. The molecule has 0 fully saturated rings. The number of benzene rings is 4. The first kappa shape index (κ1) is 28.2. The molecule has 1 heterocycles. The van der Waals surface area contributed by atoms with Gasteiger partial charge in [0.1, 0.15) is 11.5 Å². The second-order valence-electron chi connectivity index (χ2n) is 9.04. The smallest absolute Gasteiger partial charge is 0.231 e. The van der Waals surface area contributed by atoms with Crippen LogP contribution in [0.3, 0.4) is 0 Å². The third kappa shape index (κ3) is 9.18. The molecule has 0 saturated heterocycles. The molecule has 0 radical (unpaired) electrons. The first-order valence-electron chi connectivity index (χ1n) is 12.9. The Labute approximate surface area is 233 Å². The van der Waals surface area contributed by atoms with Crippen molar-refractivity contribution in [1.82, 2.24) is 5.32 Å². The summed E-state index contributed by atoms with van der Waals surface area (Å²) in [6, 6.07) is 32.2. The van der Waals surface area contributed by atoms with E-state index in [0.29, 0.717) is 31.8 Å². The molecule has 1 atom stereocenters. The normalized spacial score (nSPS) is 11.9. The maximum atomic E-state index is 12.1. The lowest BCUT2D eigenvalue weighted by molar-refractivity contribution is -0.121. The number of carbonyl (C=O) groups excluding carboxylic acids is 2. The Morgan fingerprint density at radius 2 is 1.52 bits per heavy atom. The number of para-hydroxylation sites is 1. The SMILES string of the molecule is CC(COCc1ccccc1)NC(=O)Cc1ccc2c(c1)OCO2.O=CNc1ccc(Oc2ccccc2)cc1. The van der Waals surface area contributed by atoms with Gasteiger partial charge in [-0.2, -0.15) is 0 Å². The highest BCUT2D eigenvalue weighted by molar-refractivity contribution is 5.79. The Hall–Kier alpha value is -4.82. The van der Waals surface area contributed by atoms with Crippen molar-refractivity contribution in [3.8, 4) is 23.0 Å². The van der Waals surface area contributed by atoms with Gasteiger partial charge < -0.3 is 29.6 Å². The highest BCUT2D eigenvalue weighted by Crippen LogP contribution is 2.32. The lowest BCUT2D eigenvalue weighted by Gasteiger charge is -2.14. The fraction of sp³-hybridized carbons (Fsp3) is 0.188. The molecule has 1 aliphatic heterocycles. The zero-order valence-corrected chi connectivity index (χ0v) is 22.2. The van der Waals surface area contributed by atoms with Crippen molar-refractivity contribution in [2.75, 3.05) is 18.7 Å². The van der Waals surface area contributed by atoms with Crippen molar-refractivity contribution in [1.29, 1.82) is 0 Å². The molecule has 206 valence electrons. The monoisotopic (exact) mass is 540 g/mol. The first-order valence-corrected chi connectivity index (χ1v) is 12.9. The van der Waals surface area contributed by atoms with Gasteiger partial charge in [0.05, 0.1) is 19.6 Å². The summed E-state index contributed by atoms with van der Waals surface area (Å²) in [6.45, 7) is 3.19. The maximum Gasteiger partial charge on any atom is 0.231 e. The zero-order chi connectivity index (χ0) is 28.0. The Balaban J connectivity index is 0.000000201. The van der Waals surface area contributed by atoms with Crippen molar-refractivity contribution < 1.29 is 28.5 Å². The molecule has 40 heavy (non-hydrogen) atoms. The largest absolute Gasteiger partial charge is 0.457 e. The molecule has 8 heteroatoms. The van der Waals surface area contributed by atoms with Crippen LogP contribution in [0.15, 0.2) is 103 Å². The maximum absolute atomic E-state index is 12.1. The summed E-state index contributed by atoms with van der Waals surface area (Å²) in [7, 11) is 0. The summed E-state index contributed by atoms with van der Waals surface area (Å²) in [5.41, 5.74) is 2.76. The highest BCUT2D eigenvalue weighted by Gasteiger charge is 2.15. The Morgan fingerprint density at radius 3 is 2.25 bits per heavy atom. The second-order valence-corrected chi connectivity index (χ2v) is 9.04. The van der Waals surface area contributed by atoms with Crippen molar-refractivity contribution in [2.45, 2.75) is 26.0 Å². The molecule has 1 aliphatic rings. The minimum atomic E-state index is -0.0461. The van der Waals surface area contributed by atoms with Crippen LogP contribution in [-0.2, 0) is 27.4 Å². The lowest BCUT2D eigenvalue weighted by atomic mass is 10.1. The van der Waals surface area contributed by atoms with E-state index in [-0.39, 0.29) is 18.7 Å². The topological polar surface area (TPSA) is 95.1 Å². The number of anilines is 1. The predicted octanol–water partition coefficient (Wildman–Crippen LogP) is 5.73. The zero-order valence-electron chi connectivity index (χ0n) is 22.2. The van der Waals surface area contributed by atoms with E-state index >= 15 is 0 Å². The Bertz CT molecular complexity index is 1350. The molecule has 8 nitrogen and oxygen atoms in total. The van der Waals surface area contributed by atoms with Crippen LogP contribution < -0.4 is 24.8 Å². The van der Waals surface area contributed by atoms with Gasteiger partial charge in [-0.25, -0.2) is 0 Å². The van der Waals surface area contributed by atoms with Crippen LogP contribution in [0.25, 0.3) is 0 Å². The highest BCUT2D eigenvalue weighted by atomic mass is 16.7. The fourth-order valence-corrected chi connectivity index (χ4v) is 3.84. The third-order valence-electron chi connectivity index (χ3n) is 5.75. The molecule has 0 aliphatic carbocycles. The number of nitrogens with one attached hydrogen (secondary N) is 2. The van der Waals surface area contributed by atoms with Crippen LogP contribution in [0.4, 0.5) is 5.69 Å². The quantitative estimate of drug-likeness (QED) is 0.236. The second kappa shape index (κ2) is 14.9. The van der Waals surface area contributed by atoms with Crippen LogP contribution in [-0.4, -0.2) is 31.8 Å². The molecule has 5 rings (SSSR count). The Kier molecular flexibility index (Phi) is 10.5. The minimum absolute atomic E-state index is 0.0373. The summed E-state index contributed by atoms with van der Waals surface area (Å²) < 4.78 is 21.8. The number of amides is 2. The van der Waals surface area contributed by atoms with Crippen LogP contribution in [0.5, 0.6) is 23.0 Å². The van der Waals surface area contributed by atoms with Crippen molar-refractivity contribution >= 4 is 18.0 Å². The van der Waals surface area contributed by atoms with Gasteiger partial charge in [-0.15, -0.1) is 0 Å². The molecule has 0 saturated carbocycles. The standard InChI is InChI=1S/C19H21NO4.C13H11NO2/c1-14(11-22-12-15-5-3-2-4-6-15)20-19(21)10-16-7-8-17-18(9-16)24-13-23-17;15-10-14-11-6-8-13(9-7-11)16-12-4-2-1-3-5-12/h2-9,14H,10-13H2,1H3,(H,20,21);1-10H,(H,14,15). The van der Waals surface area contributed by atoms with Crippen LogP contribution in [0.1, 0.15) is 18.1 Å². The number of ether oxygens (including phenoxy) is 4. The number of fused-ring (bicyclic) bond motifs is 1. The van der Waals surface area contributed by atoms with E-state index in [2.05, 4.69) is 10.6 Å². The molecule has 1 unspecified atom stereocenters. The van der Waals surface area contributed by atoms with E-state index in [9.17, 15) is 9.59 Å². The fourth-order valence-electron chi connectivity index (χ4n) is 3.84. The van der Waals surface area contributed by atoms with Crippen molar-refractivity contribution in [3.05, 3.63) is 114 Å². The summed E-state index contributed by atoms with van der Waals surface area (Å²) in [4.78, 5) is 22.3. The average molecular weight is 541 g/mol. The van der Waals surface area contributed by atoms with Crippen LogP contribution in [0.2, 0.25) is 0 Å². The number of hydrogen-bond acceptors (Lipinski definition) is 6. The molecule has 0 bridgehead atoms. The third-order valence-corrected chi connectivity index (χ3v) is 5.75. The van der Waals surface area contributed by atoms with E-state index in [1.807, 2.05) is 85.8 Å². The van der Waals surface area contributed by atoms with E-state index in [0.717, 1.165) is 34.1 Å². The minimum Gasteiger partial charge on any atom is -0.457 e. The van der Waals surface area contributed by atoms with Gasteiger partial charge in [0.25, 0.3) is 0 Å². The summed E-state index contributed by atoms with van der Waals surface area (Å²) in [5.74, 6) is 2.91. The number of rotatable bonds is 11. The van der Waals surface area contributed by atoms with E-state index in [1.54, 1.807) is 24.3 Å². The van der Waals surface area contributed by atoms with E-state index in [4.69, 9.17) is 18.9 Å². The molecule has 4 aromatic rings. The van der Waals surface area contributed by atoms with Gasteiger partial charge in [0.2, 0.25) is 19.1 Å². The molecule has 0 spiro atoms. The van der Waals surface area contributed by atoms with Gasteiger partial charge in [-0.05, 0) is 66.6 Å². The molecular formula is C32H32N2O6. The van der Waals surface area contributed by atoms with E-state index < -0.39 is 0 Å². The lowest BCUT2D eigenvalue weighted by Crippen LogP contribution is -2.36. The van der Waals surface area contributed by atoms with Gasteiger partial charge in [0.15, 0.2) is 11.5 Å². The molecule has 2 N–H and O–H groups in total. The first-order chi connectivity index (χ1) is 19.6. The molecular weight excluding hydrogens is 508 g/mol. The summed E-state index contributed by atoms with van der Waals surface area (Å²) in [5, 5.41) is 5.51. The van der Waals surface area contributed by atoms with Gasteiger partial charge in [-0.1, -0.05) is 54.6 Å². The molecule has 2 amide bonds. The van der Waals surface area contributed by atoms with Gasteiger partial charge in [0, 0.05) is 11.7 Å². The van der Waals surface area contributed by atoms with Crippen molar-refractivity contribution in [3.63, 3.8) is 0 Å². The van der Waals surface area contributed by atoms with Crippen LogP contribution in [0, 0.1) is 0 Å². The Morgan fingerprint density at radius 1 is 0.850 bits per heavy atom. The summed E-state index contributed by atoms with van der Waals surface area (Å²) >= 11 is 0.